The fourth-order valence-electron chi connectivity index (χ4n) is 0.297. The molecule has 0 rings (SSSR count). The van der Waals surface area contributed by atoms with Crippen LogP contribution in [0.25, 0.3) is 0 Å². The molecule has 0 saturated carbocycles. The Hall–Kier alpha value is -0.870. The minimum atomic E-state index is -2.51. The van der Waals surface area contributed by atoms with Gasteiger partial charge in [0.2, 0.25) is 0 Å². The van der Waals surface area contributed by atoms with E-state index in [1.165, 1.54) is 7.05 Å². The SMILES string of the molecule is CC.CN(CC(F)F)C(N)=O. The first-order valence-corrected chi connectivity index (χ1v) is 3.32. The molecule has 0 aromatic rings. The van der Waals surface area contributed by atoms with Crippen molar-refractivity contribution in [3.63, 3.8) is 0 Å². The number of hydrogen-bond donors (Lipinski definition) is 1. The number of amides is 2. The Morgan fingerprint density at radius 3 is 2.00 bits per heavy atom. The van der Waals surface area contributed by atoms with Gasteiger partial charge in [-0.05, 0) is 0 Å². The topological polar surface area (TPSA) is 46.3 Å². The lowest BCUT2D eigenvalue weighted by molar-refractivity contribution is 0.110. The highest BCUT2D eigenvalue weighted by atomic mass is 19.3. The molecule has 0 spiro atoms. The molecule has 0 aliphatic carbocycles. The van der Waals surface area contributed by atoms with Crippen molar-refractivity contribution in [3.05, 3.63) is 0 Å². The summed E-state index contributed by atoms with van der Waals surface area (Å²) in [7, 11) is 1.22. The quantitative estimate of drug-likeness (QED) is 0.663. The van der Waals surface area contributed by atoms with Crippen LogP contribution in [0.2, 0.25) is 0 Å². The van der Waals surface area contributed by atoms with Crippen molar-refractivity contribution in [3.8, 4) is 0 Å². The molecule has 0 aliphatic rings. The smallest absolute Gasteiger partial charge is 0.314 e. The van der Waals surface area contributed by atoms with Gasteiger partial charge in [0.15, 0.2) is 0 Å². The van der Waals surface area contributed by atoms with Gasteiger partial charge in [-0.3, -0.25) is 0 Å². The monoisotopic (exact) mass is 168 g/mol. The van der Waals surface area contributed by atoms with Crippen LogP contribution < -0.4 is 5.73 Å². The number of nitrogens with zero attached hydrogens (tertiary/aromatic N) is 1. The zero-order valence-corrected chi connectivity index (χ0v) is 6.97. The number of urea groups is 1. The Kier molecular flexibility index (Phi) is 8.41. The Bertz CT molecular complexity index is 109. The average Bonchev–Trinajstić information content (AvgIpc) is 1.90. The lowest BCUT2D eigenvalue weighted by Gasteiger charge is -2.11. The van der Waals surface area contributed by atoms with E-state index >= 15 is 0 Å². The molecule has 0 fully saturated rings. The molecule has 0 aromatic heterocycles. The van der Waals surface area contributed by atoms with Gasteiger partial charge in [-0.15, -0.1) is 0 Å². The van der Waals surface area contributed by atoms with E-state index in [0.29, 0.717) is 0 Å². The summed E-state index contributed by atoms with van der Waals surface area (Å²) in [6.45, 7) is 3.40. The fraction of sp³-hybridized carbons (Fsp3) is 0.833. The first-order valence-electron chi connectivity index (χ1n) is 3.32. The van der Waals surface area contributed by atoms with E-state index in [1.807, 2.05) is 13.8 Å². The molecule has 0 aromatic carbocycles. The molecular formula is C6H14F2N2O. The number of primary amides is 1. The highest BCUT2D eigenvalue weighted by Crippen LogP contribution is 1.93. The lowest BCUT2D eigenvalue weighted by Crippen LogP contribution is -2.35. The molecule has 68 valence electrons. The van der Waals surface area contributed by atoms with Crippen LogP contribution in [-0.4, -0.2) is 30.9 Å². The van der Waals surface area contributed by atoms with Gasteiger partial charge >= 0.3 is 6.03 Å². The minimum Gasteiger partial charge on any atom is -0.351 e. The molecule has 0 atom stereocenters. The predicted octanol–water partition coefficient (Wildman–Crippen LogP) is 1.29. The number of alkyl halides is 2. The van der Waals surface area contributed by atoms with Crippen molar-refractivity contribution in [2.45, 2.75) is 20.3 Å². The number of hydrogen-bond acceptors (Lipinski definition) is 1. The molecule has 2 amide bonds. The Balaban J connectivity index is 0. The van der Waals surface area contributed by atoms with Gasteiger partial charge in [-0.25, -0.2) is 13.6 Å². The lowest BCUT2D eigenvalue weighted by atomic mass is 10.6. The normalized spacial score (nSPS) is 8.55. The molecule has 2 N–H and O–H groups in total. The number of nitrogens with two attached hydrogens (primary N) is 1. The largest absolute Gasteiger partial charge is 0.351 e. The summed E-state index contributed by atoms with van der Waals surface area (Å²) in [6, 6.07) is -0.838. The van der Waals surface area contributed by atoms with Crippen LogP contribution in [0.1, 0.15) is 13.8 Å². The molecule has 0 radical (unpaired) electrons. The predicted molar refractivity (Wildman–Crippen MR) is 39.6 cm³/mol. The first kappa shape index (κ1) is 12.8. The van der Waals surface area contributed by atoms with E-state index in [-0.39, 0.29) is 0 Å². The zero-order chi connectivity index (χ0) is 9.44. The highest BCUT2D eigenvalue weighted by molar-refractivity contribution is 5.71. The standard InChI is InChI=1S/C4H8F2N2O.C2H6/c1-8(4(7)9)2-3(5)6;1-2/h3H,2H2,1H3,(H2,7,9);1-2H3. The maximum Gasteiger partial charge on any atom is 0.314 e. The van der Waals surface area contributed by atoms with Crippen LogP contribution in [0.4, 0.5) is 13.6 Å². The van der Waals surface area contributed by atoms with Gasteiger partial charge in [0.25, 0.3) is 6.43 Å². The summed E-state index contributed by atoms with van der Waals surface area (Å²) in [4.78, 5) is 10.8. The highest BCUT2D eigenvalue weighted by Gasteiger charge is 2.09. The van der Waals surface area contributed by atoms with Gasteiger partial charge < -0.3 is 10.6 Å². The second kappa shape index (κ2) is 7.24. The molecule has 3 nitrogen and oxygen atoms in total. The summed E-state index contributed by atoms with van der Waals surface area (Å²) in [5.41, 5.74) is 4.64. The third-order valence-electron chi connectivity index (χ3n) is 0.788. The van der Waals surface area contributed by atoms with Crippen molar-refractivity contribution in [2.24, 2.45) is 5.73 Å². The first-order chi connectivity index (χ1) is 5.04. The summed E-state index contributed by atoms with van der Waals surface area (Å²) < 4.78 is 22.8. The Labute approximate surface area is 65.2 Å². The summed E-state index contributed by atoms with van der Waals surface area (Å²) in [5.74, 6) is 0. The van der Waals surface area contributed by atoms with E-state index in [0.717, 1.165) is 4.90 Å². The van der Waals surface area contributed by atoms with Crippen LogP contribution in [-0.2, 0) is 0 Å². The number of halogens is 2. The third-order valence-corrected chi connectivity index (χ3v) is 0.788. The van der Waals surface area contributed by atoms with E-state index in [1.54, 1.807) is 0 Å². The molecule has 0 heterocycles. The number of carbonyl (C=O) groups is 1. The molecular weight excluding hydrogens is 154 g/mol. The number of rotatable bonds is 2. The van der Waals surface area contributed by atoms with Gasteiger partial charge in [0, 0.05) is 7.05 Å². The van der Waals surface area contributed by atoms with Crippen molar-refractivity contribution >= 4 is 6.03 Å². The van der Waals surface area contributed by atoms with Crippen molar-refractivity contribution < 1.29 is 13.6 Å². The molecule has 0 bridgehead atoms. The Morgan fingerprint density at radius 1 is 1.55 bits per heavy atom. The van der Waals surface area contributed by atoms with Crippen LogP contribution in [0.5, 0.6) is 0 Å². The van der Waals surface area contributed by atoms with Crippen LogP contribution in [0.15, 0.2) is 0 Å². The summed E-state index contributed by atoms with van der Waals surface area (Å²) >= 11 is 0. The fourth-order valence-corrected chi connectivity index (χ4v) is 0.297. The molecule has 0 saturated heterocycles. The summed E-state index contributed by atoms with van der Waals surface area (Å²) in [6.07, 6.45) is -2.51. The van der Waals surface area contributed by atoms with Gasteiger partial charge in [-0.2, -0.15) is 0 Å². The Morgan fingerprint density at radius 2 is 1.91 bits per heavy atom. The molecule has 5 heteroatoms. The van der Waals surface area contributed by atoms with E-state index in [4.69, 9.17) is 0 Å². The van der Waals surface area contributed by atoms with Gasteiger partial charge in [-0.1, -0.05) is 13.8 Å². The maximum atomic E-state index is 11.4. The van der Waals surface area contributed by atoms with Crippen molar-refractivity contribution in [1.82, 2.24) is 4.90 Å². The minimum absolute atomic E-state index is 0.602. The second-order valence-corrected chi connectivity index (χ2v) is 1.61. The van der Waals surface area contributed by atoms with Crippen LogP contribution >= 0.6 is 0 Å². The van der Waals surface area contributed by atoms with E-state index < -0.39 is 19.0 Å². The van der Waals surface area contributed by atoms with Crippen molar-refractivity contribution in [1.29, 1.82) is 0 Å². The van der Waals surface area contributed by atoms with Crippen molar-refractivity contribution in [2.75, 3.05) is 13.6 Å². The molecule has 11 heavy (non-hydrogen) atoms. The average molecular weight is 168 g/mol. The molecule has 0 unspecified atom stereocenters. The molecule has 0 aliphatic heterocycles. The van der Waals surface area contributed by atoms with E-state index in [2.05, 4.69) is 5.73 Å². The summed E-state index contributed by atoms with van der Waals surface area (Å²) in [5, 5.41) is 0. The van der Waals surface area contributed by atoms with E-state index in [9.17, 15) is 13.6 Å². The van der Waals surface area contributed by atoms with Crippen LogP contribution in [0, 0.1) is 0 Å². The third kappa shape index (κ3) is 9.13. The second-order valence-electron chi connectivity index (χ2n) is 1.61. The van der Waals surface area contributed by atoms with Gasteiger partial charge in [0.1, 0.15) is 0 Å². The number of carbonyl (C=O) groups excluding carboxylic acids is 1. The zero-order valence-electron chi connectivity index (χ0n) is 6.97. The maximum absolute atomic E-state index is 11.4. The van der Waals surface area contributed by atoms with Crippen LogP contribution in [0.3, 0.4) is 0 Å². The van der Waals surface area contributed by atoms with Gasteiger partial charge in [0.05, 0.1) is 6.54 Å².